The van der Waals surface area contributed by atoms with Crippen LogP contribution in [0.4, 0.5) is 0 Å². The molecule has 5 nitrogen and oxygen atoms in total. The third-order valence-electron chi connectivity index (χ3n) is 3.57. The van der Waals surface area contributed by atoms with Gasteiger partial charge in [0, 0.05) is 0 Å². The highest BCUT2D eigenvalue weighted by Gasteiger charge is 2.26. The van der Waals surface area contributed by atoms with Gasteiger partial charge < -0.3 is 9.67 Å². The molecule has 0 aliphatic heterocycles. The van der Waals surface area contributed by atoms with Crippen LogP contribution in [0.15, 0.2) is 17.7 Å². The largest absolute Gasteiger partial charge is 0.391 e. The van der Waals surface area contributed by atoms with E-state index in [-0.39, 0.29) is 12.1 Å². The standard InChI is InChI=1S/C12H16N4OS/c1-18-12-10-11(13-6-14-12)16(7-15-10)8-4-2-3-5-9(8)17/h6-9,17H,2-5H2,1H3/t8-,9-/m1/s1. The lowest BCUT2D eigenvalue weighted by molar-refractivity contribution is 0.0770. The van der Waals surface area contributed by atoms with Crippen LogP contribution < -0.4 is 0 Å². The average Bonchev–Trinajstić information content (AvgIpc) is 2.83. The van der Waals surface area contributed by atoms with Crippen LogP contribution >= 0.6 is 11.8 Å². The number of hydrogen-bond acceptors (Lipinski definition) is 5. The topological polar surface area (TPSA) is 63.8 Å². The maximum Gasteiger partial charge on any atom is 0.164 e. The van der Waals surface area contributed by atoms with E-state index in [9.17, 15) is 5.11 Å². The van der Waals surface area contributed by atoms with E-state index in [0.29, 0.717) is 0 Å². The van der Waals surface area contributed by atoms with Crippen molar-refractivity contribution in [3.63, 3.8) is 0 Å². The number of fused-ring (bicyclic) bond motifs is 1. The van der Waals surface area contributed by atoms with Gasteiger partial charge in [-0.3, -0.25) is 0 Å². The Kier molecular flexibility index (Phi) is 3.22. The first-order valence-corrected chi connectivity index (χ1v) is 7.43. The van der Waals surface area contributed by atoms with Gasteiger partial charge in [0.15, 0.2) is 5.65 Å². The minimum absolute atomic E-state index is 0.105. The molecule has 0 aromatic carbocycles. The molecule has 1 aliphatic rings. The van der Waals surface area contributed by atoms with Crippen LogP contribution in [-0.2, 0) is 0 Å². The van der Waals surface area contributed by atoms with E-state index in [0.717, 1.165) is 41.9 Å². The smallest absolute Gasteiger partial charge is 0.164 e. The van der Waals surface area contributed by atoms with Gasteiger partial charge in [-0.1, -0.05) is 12.8 Å². The van der Waals surface area contributed by atoms with E-state index in [1.54, 1.807) is 24.4 Å². The number of thioether (sulfide) groups is 1. The first-order chi connectivity index (χ1) is 8.81. The zero-order valence-corrected chi connectivity index (χ0v) is 11.1. The third kappa shape index (κ3) is 1.89. The lowest BCUT2D eigenvalue weighted by Gasteiger charge is -2.28. The molecule has 0 bridgehead atoms. The molecule has 3 rings (SSSR count). The molecule has 1 saturated carbocycles. The van der Waals surface area contributed by atoms with Crippen molar-refractivity contribution in [2.75, 3.05) is 6.26 Å². The number of imidazole rings is 1. The third-order valence-corrected chi connectivity index (χ3v) is 4.26. The van der Waals surface area contributed by atoms with Gasteiger partial charge in [-0.15, -0.1) is 11.8 Å². The van der Waals surface area contributed by atoms with E-state index in [2.05, 4.69) is 15.0 Å². The van der Waals surface area contributed by atoms with Crippen LogP contribution in [0.2, 0.25) is 0 Å². The number of hydrogen-bond donors (Lipinski definition) is 1. The number of aromatic nitrogens is 4. The van der Waals surface area contributed by atoms with Gasteiger partial charge >= 0.3 is 0 Å². The molecular weight excluding hydrogens is 248 g/mol. The van der Waals surface area contributed by atoms with E-state index < -0.39 is 0 Å². The summed E-state index contributed by atoms with van der Waals surface area (Å²) in [6, 6.07) is 0.105. The summed E-state index contributed by atoms with van der Waals surface area (Å²) in [7, 11) is 0. The highest BCUT2D eigenvalue weighted by Crippen LogP contribution is 2.31. The summed E-state index contributed by atoms with van der Waals surface area (Å²) in [4.78, 5) is 12.9. The Bertz CT molecular complexity index is 556. The summed E-state index contributed by atoms with van der Waals surface area (Å²) >= 11 is 1.57. The molecule has 0 amide bonds. The fraction of sp³-hybridized carbons (Fsp3) is 0.583. The predicted octanol–water partition coefficient (Wildman–Crippen LogP) is 2.02. The summed E-state index contributed by atoms with van der Waals surface area (Å²) < 4.78 is 2.01. The predicted molar refractivity (Wildman–Crippen MR) is 70.6 cm³/mol. The van der Waals surface area contributed by atoms with Crippen LogP contribution in [-0.4, -0.2) is 37.0 Å². The lowest BCUT2D eigenvalue weighted by Crippen LogP contribution is -2.27. The molecule has 0 spiro atoms. The van der Waals surface area contributed by atoms with Crippen molar-refractivity contribution < 1.29 is 5.11 Å². The summed E-state index contributed by atoms with van der Waals surface area (Å²) in [6.45, 7) is 0. The van der Waals surface area contributed by atoms with Gasteiger partial charge in [-0.2, -0.15) is 0 Å². The molecule has 2 aromatic rings. The van der Waals surface area contributed by atoms with E-state index >= 15 is 0 Å². The van der Waals surface area contributed by atoms with Gasteiger partial charge in [0.1, 0.15) is 16.9 Å². The maximum atomic E-state index is 10.1. The summed E-state index contributed by atoms with van der Waals surface area (Å²) in [5, 5.41) is 11.0. The Labute approximate surface area is 110 Å². The number of aliphatic hydroxyl groups excluding tert-OH is 1. The molecule has 96 valence electrons. The van der Waals surface area contributed by atoms with Crippen LogP contribution in [0.1, 0.15) is 31.7 Å². The van der Waals surface area contributed by atoms with E-state index in [1.807, 2.05) is 10.8 Å². The molecular formula is C12H16N4OS. The van der Waals surface area contributed by atoms with Crippen LogP contribution in [0.3, 0.4) is 0 Å². The summed E-state index contributed by atoms with van der Waals surface area (Å²) in [5.74, 6) is 0. The maximum absolute atomic E-state index is 10.1. The van der Waals surface area contributed by atoms with Crippen molar-refractivity contribution in [3.05, 3.63) is 12.7 Å². The first-order valence-electron chi connectivity index (χ1n) is 6.21. The van der Waals surface area contributed by atoms with Crippen molar-refractivity contribution in [1.82, 2.24) is 19.5 Å². The number of nitrogens with zero attached hydrogens (tertiary/aromatic N) is 4. The molecule has 0 saturated heterocycles. The average molecular weight is 264 g/mol. The van der Waals surface area contributed by atoms with Crippen molar-refractivity contribution in [2.45, 2.75) is 42.9 Å². The van der Waals surface area contributed by atoms with E-state index in [4.69, 9.17) is 0 Å². The minimum Gasteiger partial charge on any atom is -0.391 e. The zero-order valence-electron chi connectivity index (χ0n) is 10.3. The van der Waals surface area contributed by atoms with Gasteiger partial charge in [0.25, 0.3) is 0 Å². The summed E-state index contributed by atoms with van der Waals surface area (Å²) in [6.07, 6.45) is 9.17. The Balaban J connectivity index is 2.07. The molecule has 2 atom stereocenters. The van der Waals surface area contributed by atoms with Gasteiger partial charge in [-0.05, 0) is 19.1 Å². The lowest BCUT2D eigenvalue weighted by atomic mass is 9.92. The minimum atomic E-state index is -0.288. The highest BCUT2D eigenvalue weighted by atomic mass is 32.2. The van der Waals surface area contributed by atoms with Crippen LogP contribution in [0.5, 0.6) is 0 Å². The van der Waals surface area contributed by atoms with Crippen LogP contribution in [0.25, 0.3) is 11.2 Å². The molecule has 0 radical (unpaired) electrons. The molecule has 1 N–H and O–H groups in total. The Morgan fingerprint density at radius 1 is 1.28 bits per heavy atom. The van der Waals surface area contributed by atoms with E-state index in [1.165, 1.54) is 0 Å². The second kappa shape index (κ2) is 4.85. The Morgan fingerprint density at radius 3 is 2.89 bits per heavy atom. The molecule has 2 aromatic heterocycles. The highest BCUT2D eigenvalue weighted by molar-refractivity contribution is 7.98. The summed E-state index contributed by atoms with van der Waals surface area (Å²) in [5.41, 5.74) is 1.67. The fourth-order valence-corrected chi connectivity index (χ4v) is 3.13. The van der Waals surface area contributed by atoms with Crippen molar-refractivity contribution >= 4 is 22.9 Å². The second-order valence-electron chi connectivity index (χ2n) is 4.63. The fourth-order valence-electron chi connectivity index (χ4n) is 2.64. The molecule has 18 heavy (non-hydrogen) atoms. The van der Waals surface area contributed by atoms with Gasteiger partial charge in [0.2, 0.25) is 0 Å². The zero-order chi connectivity index (χ0) is 12.5. The molecule has 0 unspecified atom stereocenters. The van der Waals surface area contributed by atoms with Crippen LogP contribution in [0, 0.1) is 0 Å². The van der Waals surface area contributed by atoms with Crippen molar-refractivity contribution in [3.8, 4) is 0 Å². The first kappa shape index (κ1) is 11.9. The van der Waals surface area contributed by atoms with Gasteiger partial charge in [0.05, 0.1) is 18.5 Å². The molecule has 6 heteroatoms. The number of rotatable bonds is 2. The van der Waals surface area contributed by atoms with Crippen molar-refractivity contribution in [1.29, 1.82) is 0 Å². The normalized spacial score (nSPS) is 24.6. The molecule has 1 aliphatic carbocycles. The van der Waals surface area contributed by atoms with Crippen molar-refractivity contribution in [2.24, 2.45) is 0 Å². The quantitative estimate of drug-likeness (QED) is 0.664. The number of aliphatic hydroxyl groups is 1. The van der Waals surface area contributed by atoms with Gasteiger partial charge in [-0.25, -0.2) is 15.0 Å². The Morgan fingerprint density at radius 2 is 2.11 bits per heavy atom. The SMILES string of the molecule is CSc1ncnc2c1ncn2[C@@H]1CCCC[C@H]1O. The second-order valence-corrected chi connectivity index (χ2v) is 5.42. The monoisotopic (exact) mass is 264 g/mol. The molecule has 1 fully saturated rings. The molecule has 2 heterocycles. The Hall–Kier alpha value is -1.14.